The van der Waals surface area contributed by atoms with Gasteiger partial charge in [0.05, 0.1) is 9.30 Å². The molecule has 12 heavy (non-hydrogen) atoms. The molecular formula is C6H12O6. The van der Waals surface area contributed by atoms with Crippen LogP contribution in [0.25, 0.3) is 0 Å². The van der Waals surface area contributed by atoms with E-state index in [9.17, 15) is 5.11 Å². The van der Waals surface area contributed by atoms with Gasteiger partial charge in [-0.05, 0) is 0 Å². The minimum atomic E-state index is -2.92. The molecule has 5 atom stereocenters. The van der Waals surface area contributed by atoms with E-state index in [1.54, 1.807) is 0 Å². The third kappa shape index (κ3) is 1.58. The fourth-order valence-corrected chi connectivity index (χ4v) is 0.968. The SMILES string of the molecule is [2H][13C]([2H])(O)[C@H]1OC(O)[C@H](O)[C@@H](O)[C@@H]1O. The predicted molar refractivity (Wildman–Crippen MR) is 36.0 cm³/mol. The van der Waals surface area contributed by atoms with Crippen molar-refractivity contribution in [2.75, 3.05) is 6.56 Å². The maximum atomic E-state index is 9.22. The molecule has 0 bridgehead atoms. The van der Waals surface area contributed by atoms with Crippen LogP contribution in [0.2, 0.25) is 0 Å². The molecule has 1 heterocycles. The van der Waals surface area contributed by atoms with Gasteiger partial charge in [0.25, 0.3) is 0 Å². The van der Waals surface area contributed by atoms with Crippen molar-refractivity contribution in [3.8, 4) is 0 Å². The molecular weight excluding hydrogens is 169 g/mol. The predicted octanol–water partition coefficient (Wildman–Crippen LogP) is -3.22. The summed E-state index contributed by atoms with van der Waals surface area (Å²) in [5.74, 6) is 0. The van der Waals surface area contributed by atoms with E-state index in [1.165, 1.54) is 0 Å². The van der Waals surface area contributed by atoms with Gasteiger partial charge in [0.2, 0.25) is 0 Å². The summed E-state index contributed by atoms with van der Waals surface area (Å²) in [5.41, 5.74) is 0. The molecule has 0 aliphatic carbocycles. The molecule has 0 saturated carbocycles. The van der Waals surface area contributed by atoms with Crippen LogP contribution < -0.4 is 0 Å². The van der Waals surface area contributed by atoms with Gasteiger partial charge >= 0.3 is 0 Å². The van der Waals surface area contributed by atoms with E-state index in [-0.39, 0.29) is 0 Å². The lowest BCUT2D eigenvalue weighted by molar-refractivity contribution is -0.286. The highest BCUT2D eigenvalue weighted by Gasteiger charge is 2.42. The first-order valence-electron chi connectivity index (χ1n) is 4.35. The topological polar surface area (TPSA) is 110 Å². The van der Waals surface area contributed by atoms with Gasteiger partial charge in [-0.15, -0.1) is 0 Å². The second-order valence-corrected chi connectivity index (χ2v) is 2.55. The molecule has 1 saturated heterocycles. The summed E-state index contributed by atoms with van der Waals surface area (Å²) in [5, 5.41) is 45.2. The van der Waals surface area contributed by atoms with Gasteiger partial charge in [0, 0.05) is 0 Å². The van der Waals surface area contributed by atoms with Crippen LogP contribution in [0.3, 0.4) is 0 Å². The van der Waals surface area contributed by atoms with E-state index in [4.69, 9.17) is 23.2 Å². The van der Waals surface area contributed by atoms with E-state index in [0.29, 0.717) is 0 Å². The number of rotatable bonds is 1. The van der Waals surface area contributed by atoms with Crippen molar-refractivity contribution >= 4 is 0 Å². The fourth-order valence-electron chi connectivity index (χ4n) is 0.968. The van der Waals surface area contributed by atoms with E-state index >= 15 is 0 Å². The molecule has 5 N–H and O–H groups in total. The Balaban J connectivity index is 2.81. The Hall–Kier alpha value is -0.240. The van der Waals surface area contributed by atoms with Crippen molar-refractivity contribution in [2.45, 2.75) is 30.7 Å². The second kappa shape index (κ2) is 3.65. The Morgan fingerprint density at radius 3 is 2.17 bits per heavy atom. The monoisotopic (exact) mass is 183 g/mol. The number of aliphatic hydroxyl groups excluding tert-OH is 4. The Bertz CT molecular complexity index is 207. The summed E-state index contributed by atoms with van der Waals surface area (Å²) in [6.07, 6.45) is -8.97. The van der Waals surface area contributed by atoms with E-state index in [0.717, 1.165) is 0 Å². The van der Waals surface area contributed by atoms with E-state index in [1.807, 2.05) is 0 Å². The molecule has 1 rings (SSSR count). The molecule has 0 amide bonds. The lowest BCUT2D eigenvalue weighted by Gasteiger charge is -2.37. The molecule has 0 aromatic heterocycles. The first kappa shape index (κ1) is 7.19. The Kier molecular flexibility index (Phi) is 2.19. The van der Waals surface area contributed by atoms with Crippen LogP contribution in [0.15, 0.2) is 0 Å². The lowest BCUT2D eigenvalue weighted by atomic mass is 10.0. The smallest absolute Gasteiger partial charge is 0.184 e. The zero-order valence-corrected chi connectivity index (χ0v) is 6.03. The van der Waals surface area contributed by atoms with Crippen molar-refractivity contribution in [3.63, 3.8) is 0 Å². The molecule has 0 radical (unpaired) electrons. The molecule has 6 nitrogen and oxygen atoms in total. The third-order valence-corrected chi connectivity index (χ3v) is 1.72. The minimum Gasteiger partial charge on any atom is -0.394 e. The third-order valence-electron chi connectivity index (χ3n) is 1.72. The summed E-state index contributed by atoms with van der Waals surface area (Å²) >= 11 is 0. The van der Waals surface area contributed by atoms with Crippen molar-refractivity contribution < 1.29 is 33.0 Å². The van der Waals surface area contributed by atoms with Crippen LogP contribution in [0.5, 0.6) is 0 Å². The number of aliphatic hydroxyl groups is 5. The molecule has 0 aromatic rings. The van der Waals surface area contributed by atoms with Gasteiger partial charge in [-0.2, -0.15) is 0 Å². The van der Waals surface area contributed by atoms with Crippen LogP contribution in [0.1, 0.15) is 2.74 Å². The van der Waals surface area contributed by atoms with Crippen LogP contribution >= 0.6 is 0 Å². The number of hydrogen-bond acceptors (Lipinski definition) is 6. The molecule has 1 aliphatic rings. The Labute approximate surface area is 71.5 Å². The standard InChI is InChI=1S/C6H12O6/c7-1-2-3(8)4(9)5(10)6(11)12-2/h2-11H,1H2/t2-,3-,4+,5-,6?/m1/s1/i1+1D2. The van der Waals surface area contributed by atoms with Crippen molar-refractivity contribution in [3.05, 3.63) is 0 Å². The van der Waals surface area contributed by atoms with Gasteiger partial charge in [0.15, 0.2) is 6.29 Å². The normalized spacial score (nSPS) is 52.9. The molecule has 0 aromatic carbocycles. The lowest BCUT2D eigenvalue weighted by Crippen LogP contribution is -2.58. The van der Waals surface area contributed by atoms with Crippen molar-refractivity contribution in [1.29, 1.82) is 0 Å². The molecule has 0 spiro atoms. The zero-order valence-electron chi connectivity index (χ0n) is 8.03. The highest BCUT2D eigenvalue weighted by atomic mass is 16.6. The summed E-state index contributed by atoms with van der Waals surface area (Å²) in [6, 6.07) is 0. The number of hydrogen-bond donors (Lipinski definition) is 5. The maximum Gasteiger partial charge on any atom is 0.184 e. The van der Waals surface area contributed by atoms with E-state index in [2.05, 4.69) is 4.74 Å². The van der Waals surface area contributed by atoms with Gasteiger partial charge in [-0.3, -0.25) is 0 Å². The fraction of sp³-hybridized carbons (Fsp3) is 1.00. The average molecular weight is 183 g/mol. The molecule has 1 aliphatic heterocycles. The highest BCUT2D eigenvalue weighted by molar-refractivity contribution is 4.87. The minimum absolute atomic E-state index is 1.73. The van der Waals surface area contributed by atoms with Crippen molar-refractivity contribution in [1.82, 2.24) is 0 Å². The first-order chi connectivity index (χ1) is 6.25. The summed E-state index contributed by atoms with van der Waals surface area (Å²) < 4.78 is 18.1. The molecule has 72 valence electrons. The number of ether oxygens (including phenoxy) is 1. The molecule has 1 unspecified atom stereocenters. The molecule has 1 fully saturated rings. The van der Waals surface area contributed by atoms with Gasteiger partial charge < -0.3 is 30.3 Å². The van der Waals surface area contributed by atoms with Crippen LogP contribution in [0, 0.1) is 0 Å². The Morgan fingerprint density at radius 1 is 1.08 bits per heavy atom. The van der Waals surface area contributed by atoms with Crippen LogP contribution in [-0.4, -0.2) is 62.8 Å². The zero-order chi connectivity index (χ0) is 11.1. The maximum absolute atomic E-state index is 9.22. The molecule has 6 heteroatoms. The second-order valence-electron chi connectivity index (χ2n) is 2.55. The van der Waals surface area contributed by atoms with Crippen molar-refractivity contribution in [2.24, 2.45) is 0 Å². The van der Waals surface area contributed by atoms with Gasteiger partial charge in [-0.25, -0.2) is 0 Å². The highest BCUT2D eigenvalue weighted by Crippen LogP contribution is 2.18. The van der Waals surface area contributed by atoms with Crippen LogP contribution in [-0.2, 0) is 4.74 Å². The largest absolute Gasteiger partial charge is 0.394 e. The van der Waals surface area contributed by atoms with Gasteiger partial charge in [0.1, 0.15) is 24.4 Å². The van der Waals surface area contributed by atoms with Crippen LogP contribution in [0.4, 0.5) is 0 Å². The van der Waals surface area contributed by atoms with E-state index < -0.39 is 37.3 Å². The summed E-state index contributed by atoms with van der Waals surface area (Å²) in [6.45, 7) is -2.92. The Morgan fingerprint density at radius 2 is 1.67 bits per heavy atom. The summed E-state index contributed by atoms with van der Waals surface area (Å²) in [7, 11) is 0. The average Bonchev–Trinajstić information content (AvgIpc) is 2.06. The first-order valence-corrected chi connectivity index (χ1v) is 3.35. The quantitative estimate of drug-likeness (QED) is 0.273. The van der Waals surface area contributed by atoms with Gasteiger partial charge in [-0.1, -0.05) is 0 Å². The summed E-state index contributed by atoms with van der Waals surface area (Å²) in [4.78, 5) is 0.